The lowest BCUT2D eigenvalue weighted by Crippen LogP contribution is -2.13. The maximum Gasteiger partial charge on any atom is 0.358 e. The lowest BCUT2D eigenvalue weighted by atomic mass is 10.1. The van der Waals surface area contributed by atoms with Crippen LogP contribution < -0.4 is 0 Å². The van der Waals surface area contributed by atoms with Crippen molar-refractivity contribution in [2.45, 2.75) is 33.2 Å². The number of carboxylic acids is 1. The van der Waals surface area contributed by atoms with Crippen molar-refractivity contribution < 1.29 is 9.90 Å². The van der Waals surface area contributed by atoms with Crippen LogP contribution in [0.15, 0.2) is 4.47 Å². The van der Waals surface area contributed by atoms with Crippen molar-refractivity contribution in [3.05, 3.63) is 27.2 Å². The molecule has 2 aromatic rings. The number of hydrogen-bond donors (Lipinski definition) is 1. The first-order valence-corrected chi connectivity index (χ1v) is 6.96. The van der Waals surface area contributed by atoms with Gasteiger partial charge in [0.2, 0.25) is 0 Å². The van der Waals surface area contributed by atoms with Crippen molar-refractivity contribution in [1.82, 2.24) is 24.8 Å². The van der Waals surface area contributed by atoms with Gasteiger partial charge >= 0.3 is 5.97 Å². The van der Waals surface area contributed by atoms with Crippen LogP contribution in [0.4, 0.5) is 0 Å². The van der Waals surface area contributed by atoms with E-state index < -0.39 is 5.97 Å². The molecule has 0 saturated heterocycles. The molecule has 0 atom stereocenters. The van der Waals surface area contributed by atoms with Crippen LogP contribution >= 0.6 is 15.9 Å². The topological polar surface area (TPSA) is 85.8 Å². The molecule has 1 N–H and O–H groups in total. The lowest BCUT2D eigenvalue weighted by Gasteiger charge is -2.10. The normalized spacial score (nSPS) is 11.3. The molecule has 0 bridgehead atoms. The molecule has 2 rings (SSSR count). The number of carbonyl (C=O) groups is 1. The summed E-state index contributed by atoms with van der Waals surface area (Å²) in [5.41, 5.74) is 2.43. The number of rotatable bonds is 4. The van der Waals surface area contributed by atoms with Crippen molar-refractivity contribution in [1.29, 1.82) is 0 Å². The Labute approximate surface area is 124 Å². The Kier molecular flexibility index (Phi) is 3.94. The van der Waals surface area contributed by atoms with Crippen molar-refractivity contribution in [3.63, 3.8) is 0 Å². The molecule has 108 valence electrons. The molecule has 0 amide bonds. The Morgan fingerprint density at radius 1 is 1.45 bits per heavy atom. The summed E-state index contributed by atoms with van der Waals surface area (Å²) in [5.74, 6) is -1.04. The van der Waals surface area contributed by atoms with E-state index >= 15 is 0 Å². The van der Waals surface area contributed by atoms with Crippen molar-refractivity contribution in [2.75, 3.05) is 0 Å². The highest BCUT2D eigenvalue weighted by Crippen LogP contribution is 2.23. The number of carboxylic acid groups (broad SMARTS) is 1. The number of hydrogen-bond acceptors (Lipinski definition) is 4. The Morgan fingerprint density at radius 3 is 2.55 bits per heavy atom. The van der Waals surface area contributed by atoms with Crippen LogP contribution in [0.25, 0.3) is 0 Å². The van der Waals surface area contributed by atoms with Crippen molar-refractivity contribution >= 4 is 21.9 Å². The number of nitrogens with zero attached hydrogens (tertiary/aromatic N) is 5. The average Bonchev–Trinajstić information content (AvgIpc) is 2.87. The van der Waals surface area contributed by atoms with Gasteiger partial charge < -0.3 is 5.11 Å². The maximum absolute atomic E-state index is 11.2. The molecule has 2 heterocycles. The summed E-state index contributed by atoms with van der Waals surface area (Å²) in [6.07, 6.45) is 0. The van der Waals surface area contributed by atoms with Gasteiger partial charge in [0.25, 0.3) is 0 Å². The monoisotopic (exact) mass is 341 g/mol. The smallest absolute Gasteiger partial charge is 0.358 e. The zero-order valence-corrected chi connectivity index (χ0v) is 13.3. The summed E-state index contributed by atoms with van der Waals surface area (Å²) in [6.45, 7) is 6.17. The molecule has 0 aliphatic heterocycles. The molecule has 0 unspecified atom stereocenters. The SMILES string of the molecule is Cc1nn(C)c(Cn2nnc(C(=O)O)c2C(C)C)c1Br. The van der Waals surface area contributed by atoms with Gasteiger partial charge in [-0.1, -0.05) is 19.1 Å². The second-order valence-electron chi connectivity index (χ2n) is 4.91. The van der Waals surface area contributed by atoms with Gasteiger partial charge in [0.05, 0.1) is 28.1 Å². The van der Waals surface area contributed by atoms with Crippen LogP contribution in [0, 0.1) is 6.92 Å². The molecule has 0 spiro atoms. The first kappa shape index (κ1) is 14.7. The number of halogens is 1. The third-order valence-corrected chi connectivity index (χ3v) is 4.12. The molecule has 0 saturated carbocycles. The fourth-order valence-corrected chi connectivity index (χ4v) is 2.62. The molecule has 0 aromatic carbocycles. The quantitative estimate of drug-likeness (QED) is 0.918. The van der Waals surface area contributed by atoms with Crippen LogP contribution in [0.5, 0.6) is 0 Å². The van der Waals surface area contributed by atoms with Gasteiger partial charge in [0.1, 0.15) is 0 Å². The second kappa shape index (κ2) is 5.35. The van der Waals surface area contributed by atoms with Crippen molar-refractivity contribution in [3.8, 4) is 0 Å². The standard InChI is InChI=1S/C12H16BrN5O2/c1-6(2)11-10(12(19)20)14-16-18(11)5-8-9(13)7(3)15-17(8)4/h6H,5H2,1-4H3,(H,19,20). The summed E-state index contributed by atoms with van der Waals surface area (Å²) in [5, 5.41) is 21.2. The third kappa shape index (κ3) is 2.47. The Hall–Kier alpha value is -1.70. The highest BCUT2D eigenvalue weighted by Gasteiger charge is 2.23. The fourth-order valence-electron chi connectivity index (χ4n) is 2.15. The van der Waals surface area contributed by atoms with E-state index in [4.69, 9.17) is 5.11 Å². The molecular formula is C12H16BrN5O2. The summed E-state index contributed by atoms with van der Waals surface area (Å²) in [7, 11) is 1.84. The van der Waals surface area contributed by atoms with Crippen LogP contribution in [0.1, 0.15) is 47.3 Å². The number of aromatic carboxylic acids is 1. The molecular weight excluding hydrogens is 326 g/mol. The molecule has 8 heteroatoms. The van der Waals surface area contributed by atoms with Gasteiger partial charge in [0.15, 0.2) is 5.69 Å². The summed E-state index contributed by atoms with van der Waals surface area (Å²) >= 11 is 3.49. The van der Waals surface area contributed by atoms with E-state index in [9.17, 15) is 4.79 Å². The molecule has 7 nitrogen and oxygen atoms in total. The lowest BCUT2D eigenvalue weighted by molar-refractivity contribution is 0.0688. The van der Waals surface area contributed by atoms with Gasteiger partial charge in [-0.3, -0.25) is 4.68 Å². The third-order valence-electron chi connectivity index (χ3n) is 3.08. The highest BCUT2D eigenvalue weighted by atomic mass is 79.9. The predicted octanol–water partition coefficient (Wildman–Crippen LogP) is 1.95. The first-order chi connectivity index (χ1) is 9.32. The minimum atomic E-state index is -1.06. The first-order valence-electron chi connectivity index (χ1n) is 6.17. The van der Waals surface area contributed by atoms with E-state index in [-0.39, 0.29) is 11.6 Å². The van der Waals surface area contributed by atoms with Crippen LogP contribution in [0.2, 0.25) is 0 Å². The van der Waals surface area contributed by atoms with Gasteiger partial charge in [-0.05, 0) is 28.8 Å². The van der Waals surface area contributed by atoms with Crippen molar-refractivity contribution in [2.24, 2.45) is 7.05 Å². The zero-order chi connectivity index (χ0) is 15.0. The predicted molar refractivity (Wildman–Crippen MR) is 75.8 cm³/mol. The van der Waals surface area contributed by atoms with Crippen LogP contribution in [-0.2, 0) is 13.6 Å². The molecule has 0 radical (unpaired) electrons. The average molecular weight is 342 g/mol. The largest absolute Gasteiger partial charge is 0.476 e. The van der Waals surface area contributed by atoms with Gasteiger partial charge in [0, 0.05) is 7.05 Å². The maximum atomic E-state index is 11.2. The van der Waals surface area contributed by atoms with E-state index in [1.807, 2.05) is 27.8 Å². The fraction of sp³-hybridized carbons (Fsp3) is 0.500. The van der Waals surface area contributed by atoms with Gasteiger partial charge in [-0.15, -0.1) is 5.10 Å². The van der Waals surface area contributed by atoms with E-state index in [0.717, 1.165) is 15.9 Å². The molecule has 0 fully saturated rings. The summed E-state index contributed by atoms with van der Waals surface area (Å²) in [6, 6.07) is 0. The van der Waals surface area contributed by atoms with E-state index in [0.29, 0.717) is 12.2 Å². The Bertz CT molecular complexity index is 659. The molecule has 2 aromatic heterocycles. The van der Waals surface area contributed by atoms with Crippen LogP contribution in [-0.4, -0.2) is 35.9 Å². The van der Waals surface area contributed by atoms with Gasteiger partial charge in [-0.25, -0.2) is 9.48 Å². The Morgan fingerprint density at radius 2 is 2.10 bits per heavy atom. The van der Waals surface area contributed by atoms with E-state index in [1.165, 1.54) is 0 Å². The van der Waals surface area contributed by atoms with E-state index in [1.54, 1.807) is 9.36 Å². The van der Waals surface area contributed by atoms with E-state index in [2.05, 4.69) is 31.3 Å². The molecule has 0 aliphatic carbocycles. The second-order valence-corrected chi connectivity index (χ2v) is 5.70. The van der Waals surface area contributed by atoms with Gasteiger partial charge in [-0.2, -0.15) is 5.10 Å². The minimum Gasteiger partial charge on any atom is -0.476 e. The minimum absolute atomic E-state index is 0.00927. The molecule has 20 heavy (non-hydrogen) atoms. The summed E-state index contributed by atoms with van der Waals surface area (Å²) in [4.78, 5) is 11.2. The van der Waals surface area contributed by atoms with Crippen LogP contribution in [0.3, 0.4) is 0 Å². The molecule has 0 aliphatic rings. The summed E-state index contributed by atoms with van der Waals surface area (Å²) < 4.78 is 4.28. The highest BCUT2D eigenvalue weighted by molar-refractivity contribution is 9.10. The Balaban J connectivity index is 2.46. The number of aryl methyl sites for hydroxylation is 2. The number of aromatic nitrogens is 5. The zero-order valence-electron chi connectivity index (χ0n) is 11.8.